The minimum atomic E-state index is 0.185. The predicted molar refractivity (Wildman–Crippen MR) is 203 cm³/mol. The lowest BCUT2D eigenvalue weighted by Gasteiger charge is -2.22. The fraction of sp³-hybridized carbons (Fsp3) is 0.152. The van der Waals surface area contributed by atoms with Crippen molar-refractivity contribution < 1.29 is 0 Å². The third kappa shape index (κ3) is 5.98. The number of hydrogen-bond acceptors (Lipinski definition) is 3. The van der Waals surface area contributed by atoms with Crippen LogP contribution < -0.4 is 0 Å². The summed E-state index contributed by atoms with van der Waals surface area (Å²) in [5.74, 6) is 1.97. The molecule has 238 valence electrons. The molecule has 0 N–H and O–H groups in total. The molecule has 8 rings (SSSR count). The highest BCUT2D eigenvalue weighted by molar-refractivity contribution is 5.75. The summed E-state index contributed by atoms with van der Waals surface area (Å²) in [6, 6.07) is 53.5. The molecular formula is C46H39N3. The predicted octanol–water partition coefficient (Wildman–Crippen LogP) is 11.8. The van der Waals surface area contributed by atoms with Crippen molar-refractivity contribution in [2.75, 3.05) is 0 Å². The minimum absolute atomic E-state index is 0.185. The Labute approximate surface area is 289 Å². The number of aromatic nitrogens is 3. The van der Waals surface area contributed by atoms with Gasteiger partial charge in [-0.3, -0.25) is 0 Å². The number of rotatable bonds is 6. The molecule has 0 saturated heterocycles. The molecule has 7 aromatic rings. The zero-order chi connectivity index (χ0) is 33.6. The van der Waals surface area contributed by atoms with Gasteiger partial charge in [-0.25, -0.2) is 15.0 Å². The van der Waals surface area contributed by atoms with Crippen molar-refractivity contribution in [3.05, 3.63) is 163 Å². The molecule has 0 spiro atoms. The van der Waals surface area contributed by atoms with Crippen molar-refractivity contribution >= 4 is 0 Å². The van der Waals surface area contributed by atoms with Gasteiger partial charge < -0.3 is 0 Å². The quantitative estimate of drug-likeness (QED) is 0.183. The molecule has 0 bridgehead atoms. The highest BCUT2D eigenvalue weighted by atomic mass is 15.0. The maximum Gasteiger partial charge on any atom is 0.164 e. The second kappa shape index (κ2) is 12.1. The van der Waals surface area contributed by atoms with Crippen LogP contribution in [0.2, 0.25) is 0 Å². The Morgan fingerprint density at radius 1 is 0.327 bits per heavy atom. The fourth-order valence-corrected chi connectivity index (χ4v) is 7.63. The molecule has 0 atom stereocenters. The maximum atomic E-state index is 4.97. The van der Waals surface area contributed by atoms with E-state index in [4.69, 9.17) is 15.0 Å². The van der Waals surface area contributed by atoms with E-state index in [1.54, 1.807) is 0 Å². The average molecular weight is 634 g/mol. The van der Waals surface area contributed by atoms with Crippen LogP contribution in [0.25, 0.3) is 67.5 Å². The molecule has 1 heterocycles. The third-order valence-electron chi connectivity index (χ3n) is 9.97. The normalized spacial score (nSPS) is 14.4. The van der Waals surface area contributed by atoms with Crippen LogP contribution in [0.15, 0.2) is 152 Å². The van der Waals surface area contributed by atoms with Crippen LogP contribution in [-0.2, 0) is 10.8 Å². The van der Waals surface area contributed by atoms with E-state index in [-0.39, 0.29) is 10.8 Å². The van der Waals surface area contributed by atoms with Crippen LogP contribution in [0, 0.1) is 0 Å². The first-order valence-electron chi connectivity index (χ1n) is 17.1. The smallest absolute Gasteiger partial charge is 0.164 e. The summed E-state index contributed by atoms with van der Waals surface area (Å²) in [7, 11) is 0. The Hall–Kier alpha value is -5.67. The van der Waals surface area contributed by atoms with Crippen molar-refractivity contribution in [1.82, 2.24) is 15.0 Å². The molecule has 0 unspecified atom stereocenters. The summed E-state index contributed by atoms with van der Waals surface area (Å²) in [5.41, 5.74) is 13.4. The maximum absolute atomic E-state index is 4.97. The Kier molecular flexibility index (Phi) is 7.56. The van der Waals surface area contributed by atoms with Crippen LogP contribution in [0.5, 0.6) is 0 Å². The lowest BCUT2D eigenvalue weighted by Crippen LogP contribution is -2.17. The Balaban J connectivity index is 1.09. The zero-order valence-electron chi connectivity index (χ0n) is 28.5. The molecule has 3 nitrogen and oxygen atoms in total. The molecule has 0 amide bonds. The monoisotopic (exact) mass is 633 g/mol. The first-order chi connectivity index (χ1) is 23.7. The highest BCUT2D eigenvalue weighted by Gasteiger charge is 2.41. The Morgan fingerprint density at radius 3 is 1.08 bits per heavy atom. The van der Waals surface area contributed by atoms with Crippen molar-refractivity contribution in [3.8, 4) is 67.5 Å². The lowest BCUT2D eigenvalue weighted by atomic mass is 9.82. The van der Waals surface area contributed by atoms with Crippen LogP contribution in [0.3, 0.4) is 0 Å². The van der Waals surface area contributed by atoms with E-state index in [0.29, 0.717) is 17.5 Å². The lowest BCUT2D eigenvalue weighted by molar-refractivity contribution is 0.403. The molecule has 1 aliphatic rings. The number of hydrogen-bond donors (Lipinski definition) is 0. The number of nitrogens with zero attached hydrogens (tertiary/aromatic N) is 3. The van der Waals surface area contributed by atoms with Gasteiger partial charge in [0.2, 0.25) is 0 Å². The summed E-state index contributed by atoms with van der Waals surface area (Å²) in [4.78, 5) is 14.8. The van der Waals surface area contributed by atoms with Crippen molar-refractivity contribution in [3.63, 3.8) is 0 Å². The summed E-state index contributed by atoms with van der Waals surface area (Å²) in [6.07, 6.45) is 1.18. The van der Waals surface area contributed by atoms with Crippen LogP contribution in [0.4, 0.5) is 0 Å². The molecule has 1 aromatic heterocycles. The second-order valence-electron chi connectivity index (χ2n) is 14.5. The van der Waals surface area contributed by atoms with E-state index in [0.717, 1.165) is 27.8 Å². The van der Waals surface area contributed by atoms with Crippen LogP contribution in [0.1, 0.15) is 45.2 Å². The van der Waals surface area contributed by atoms with Gasteiger partial charge in [0.25, 0.3) is 0 Å². The van der Waals surface area contributed by atoms with Gasteiger partial charge in [0.1, 0.15) is 0 Å². The summed E-state index contributed by atoms with van der Waals surface area (Å²) >= 11 is 0. The van der Waals surface area contributed by atoms with E-state index in [1.807, 2.05) is 36.4 Å². The summed E-state index contributed by atoms with van der Waals surface area (Å²) < 4.78 is 0. The summed E-state index contributed by atoms with van der Waals surface area (Å²) in [5, 5.41) is 0. The molecule has 0 radical (unpaired) electrons. The molecule has 0 fully saturated rings. The second-order valence-corrected chi connectivity index (χ2v) is 14.5. The molecule has 0 saturated carbocycles. The zero-order valence-corrected chi connectivity index (χ0v) is 28.5. The molecule has 1 aliphatic carbocycles. The molecule has 49 heavy (non-hydrogen) atoms. The van der Waals surface area contributed by atoms with Gasteiger partial charge in [-0.1, -0.05) is 179 Å². The highest BCUT2D eigenvalue weighted by Crippen LogP contribution is 2.50. The molecule has 6 aromatic carbocycles. The van der Waals surface area contributed by atoms with E-state index >= 15 is 0 Å². The van der Waals surface area contributed by atoms with E-state index in [1.165, 1.54) is 39.8 Å². The first kappa shape index (κ1) is 30.7. The number of benzene rings is 6. The van der Waals surface area contributed by atoms with Gasteiger partial charge in [-0.15, -0.1) is 0 Å². The minimum Gasteiger partial charge on any atom is -0.208 e. The molecular weight excluding hydrogens is 595 g/mol. The largest absolute Gasteiger partial charge is 0.208 e. The average Bonchev–Trinajstić information content (AvgIpc) is 3.34. The van der Waals surface area contributed by atoms with Crippen LogP contribution in [-0.4, -0.2) is 15.0 Å². The van der Waals surface area contributed by atoms with E-state index < -0.39 is 0 Å². The molecule has 3 heteroatoms. The standard InChI is InChI=1S/C46H39N3/c1-45(2)30-46(3,4)41-29-39(27-28-40(41)45)35-17-15-33(16-18-35)34-21-25-38(26-22-34)44-48-42(36-13-9-6-10-14-36)47-43(49-44)37-23-19-32(20-24-37)31-11-7-5-8-12-31/h5-29H,30H2,1-4H3. The van der Waals surface area contributed by atoms with E-state index in [2.05, 4.69) is 143 Å². The first-order valence-corrected chi connectivity index (χ1v) is 17.1. The van der Waals surface area contributed by atoms with Crippen molar-refractivity contribution in [2.45, 2.75) is 44.9 Å². The van der Waals surface area contributed by atoms with Crippen LogP contribution >= 0.6 is 0 Å². The Morgan fingerprint density at radius 2 is 0.633 bits per heavy atom. The van der Waals surface area contributed by atoms with Gasteiger partial charge >= 0.3 is 0 Å². The SMILES string of the molecule is CC1(C)CC(C)(C)c2cc(-c3ccc(-c4ccc(-c5nc(-c6ccccc6)nc(-c6ccc(-c7ccccc7)cc6)n5)cc4)cc3)ccc21. The fourth-order valence-electron chi connectivity index (χ4n) is 7.63. The topological polar surface area (TPSA) is 38.7 Å². The molecule has 0 aliphatic heterocycles. The number of fused-ring (bicyclic) bond motifs is 1. The van der Waals surface area contributed by atoms with Gasteiger partial charge in [-0.2, -0.15) is 0 Å². The van der Waals surface area contributed by atoms with Gasteiger partial charge in [0.05, 0.1) is 0 Å². The van der Waals surface area contributed by atoms with Crippen molar-refractivity contribution in [1.29, 1.82) is 0 Å². The summed E-state index contributed by atoms with van der Waals surface area (Å²) in [6.45, 7) is 9.49. The van der Waals surface area contributed by atoms with Gasteiger partial charge in [-0.05, 0) is 61.8 Å². The third-order valence-corrected chi connectivity index (χ3v) is 9.97. The van der Waals surface area contributed by atoms with E-state index in [9.17, 15) is 0 Å². The van der Waals surface area contributed by atoms with Crippen molar-refractivity contribution in [2.24, 2.45) is 0 Å². The van der Waals surface area contributed by atoms with Gasteiger partial charge in [0, 0.05) is 16.7 Å². The Bertz CT molecular complexity index is 2250. The van der Waals surface area contributed by atoms with Gasteiger partial charge in [0.15, 0.2) is 17.5 Å².